The van der Waals surface area contributed by atoms with Gasteiger partial charge in [-0.25, -0.2) is 13.2 Å². The van der Waals surface area contributed by atoms with Gasteiger partial charge in [0.2, 0.25) is 0 Å². The summed E-state index contributed by atoms with van der Waals surface area (Å²) >= 11 is 6.08. The molecule has 0 spiro atoms. The molecule has 19 heavy (non-hydrogen) atoms. The van der Waals surface area contributed by atoms with Gasteiger partial charge in [0.25, 0.3) is 0 Å². The summed E-state index contributed by atoms with van der Waals surface area (Å²) in [6, 6.07) is 9.66. The lowest BCUT2D eigenvalue weighted by Crippen LogP contribution is -2.03. The van der Waals surface area contributed by atoms with Gasteiger partial charge < -0.3 is 0 Å². The number of rotatable bonds is 3. The van der Waals surface area contributed by atoms with Gasteiger partial charge in [0.1, 0.15) is 0 Å². The summed E-state index contributed by atoms with van der Waals surface area (Å²) in [6.07, 6.45) is 0.351. The van der Waals surface area contributed by atoms with Crippen LogP contribution in [0.2, 0.25) is 0 Å². The van der Waals surface area contributed by atoms with Crippen LogP contribution in [0, 0.1) is 24.4 Å². The minimum atomic E-state index is -1.48. The van der Waals surface area contributed by atoms with Crippen molar-refractivity contribution in [1.29, 1.82) is 0 Å². The van der Waals surface area contributed by atoms with E-state index in [9.17, 15) is 13.2 Å². The molecule has 4 heteroatoms. The predicted molar refractivity (Wildman–Crippen MR) is 69.8 cm³/mol. The highest BCUT2D eigenvalue weighted by Crippen LogP contribution is 2.29. The van der Waals surface area contributed by atoms with Crippen molar-refractivity contribution >= 4 is 11.6 Å². The molecular weight excluding hydrogens is 273 g/mol. The average Bonchev–Trinajstić information content (AvgIpc) is 2.39. The molecule has 2 rings (SSSR count). The van der Waals surface area contributed by atoms with E-state index in [1.807, 2.05) is 31.2 Å². The molecular formula is C15H12ClF3. The Morgan fingerprint density at radius 2 is 1.58 bits per heavy atom. The minimum Gasteiger partial charge on any atom is -0.204 e. The maximum Gasteiger partial charge on any atom is 0.194 e. The molecule has 0 aliphatic carbocycles. The van der Waals surface area contributed by atoms with Crippen molar-refractivity contribution in [2.75, 3.05) is 0 Å². The Morgan fingerprint density at radius 1 is 0.947 bits per heavy atom. The van der Waals surface area contributed by atoms with Gasteiger partial charge >= 0.3 is 0 Å². The Kier molecular flexibility index (Phi) is 4.15. The van der Waals surface area contributed by atoms with Crippen molar-refractivity contribution in [2.24, 2.45) is 0 Å². The number of alkyl halides is 1. The molecule has 1 unspecified atom stereocenters. The highest BCUT2D eigenvalue weighted by Gasteiger charge is 2.19. The second kappa shape index (κ2) is 5.66. The van der Waals surface area contributed by atoms with Crippen molar-refractivity contribution in [3.63, 3.8) is 0 Å². The molecule has 0 N–H and O–H groups in total. The van der Waals surface area contributed by atoms with Gasteiger partial charge in [0.05, 0.1) is 5.38 Å². The van der Waals surface area contributed by atoms with E-state index < -0.39 is 22.8 Å². The largest absolute Gasteiger partial charge is 0.204 e. The van der Waals surface area contributed by atoms with E-state index in [-0.39, 0.29) is 5.56 Å². The summed E-state index contributed by atoms with van der Waals surface area (Å²) in [5.74, 6) is -3.90. The highest BCUT2D eigenvalue weighted by atomic mass is 35.5. The van der Waals surface area contributed by atoms with Crippen LogP contribution in [-0.4, -0.2) is 0 Å². The second-order valence-electron chi connectivity index (χ2n) is 4.42. The van der Waals surface area contributed by atoms with E-state index in [1.54, 1.807) is 0 Å². The van der Waals surface area contributed by atoms with E-state index >= 15 is 0 Å². The van der Waals surface area contributed by atoms with E-state index in [4.69, 9.17) is 11.6 Å². The van der Waals surface area contributed by atoms with E-state index in [1.165, 1.54) is 6.07 Å². The zero-order valence-corrected chi connectivity index (χ0v) is 11.0. The number of halogens is 4. The molecule has 0 heterocycles. The molecule has 0 radical (unpaired) electrons. The lowest BCUT2D eigenvalue weighted by molar-refractivity contribution is 0.440. The minimum absolute atomic E-state index is 0.0267. The quantitative estimate of drug-likeness (QED) is 0.553. The normalized spacial score (nSPS) is 12.5. The molecule has 0 bridgehead atoms. The maximum absolute atomic E-state index is 13.6. The molecule has 0 fully saturated rings. The van der Waals surface area contributed by atoms with Crippen LogP contribution in [0.25, 0.3) is 0 Å². The zero-order chi connectivity index (χ0) is 14.0. The van der Waals surface area contributed by atoms with Crippen molar-refractivity contribution < 1.29 is 13.2 Å². The van der Waals surface area contributed by atoms with Gasteiger partial charge in [-0.15, -0.1) is 11.6 Å². The van der Waals surface area contributed by atoms with E-state index in [2.05, 4.69) is 0 Å². The Balaban J connectivity index is 2.23. The molecule has 0 nitrogen and oxygen atoms in total. The first kappa shape index (κ1) is 13.9. The summed E-state index contributed by atoms with van der Waals surface area (Å²) in [7, 11) is 0. The number of benzene rings is 2. The SMILES string of the molecule is Cc1ccc(CC(Cl)c2ccc(F)c(F)c2F)cc1. The monoisotopic (exact) mass is 284 g/mol. The van der Waals surface area contributed by atoms with Crippen molar-refractivity contribution in [3.8, 4) is 0 Å². The van der Waals surface area contributed by atoms with Crippen LogP contribution in [0.4, 0.5) is 13.2 Å². The third-order valence-electron chi connectivity index (χ3n) is 2.94. The molecule has 2 aromatic carbocycles. The molecule has 100 valence electrons. The summed E-state index contributed by atoms with van der Waals surface area (Å²) in [5.41, 5.74) is 1.99. The predicted octanol–water partition coefficient (Wildman–Crippen LogP) is 4.93. The molecule has 0 aliphatic heterocycles. The molecule has 0 amide bonds. The van der Waals surface area contributed by atoms with Crippen LogP contribution in [-0.2, 0) is 6.42 Å². The smallest absolute Gasteiger partial charge is 0.194 e. The molecule has 1 atom stereocenters. The van der Waals surface area contributed by atoms with Gasteiger partial charge in [-0.3, -0.25) is 0 Å². The van der Waals surface area contributed by atoms with Crippen LogP contribution in [0.5, 0.6) is 0 Å². The summed E-state index contributed by atoms with van der Waals surface area (Å²) < 4.78 is 39.6. The Hall–Kier alpha value is -1.48. The summed E-state index contributed by atoms with van der Waals surface area (Å²) in [4.78, 5) is 0. The van der Waals surface area contributed by atoms with Gasteiger partial charge in [0, 0.05) is 5.56 Å². The lowest BCUT2D eigenvalue weighted by Gasteiger charge is -2.12. The first-order valence-electron chi connectivity index (χ1n) is 5.82. The fraction of sp³-hybridized carbons (Fsp3) is 0.200. The van der Waals surface area contributed by atoms with Gasteiger partial charge in [-0.05, 0) is 25.0 Å². The van der Waals surface area contributed by atoms with Gasteiger partial charge in [0.15, 0.2) is 17.5 Å². The average molecular weight is 285 g/mol. The van der Waals surface area contributed by atoms with E-state index in [0.717, 1.165) is 17.2 Å². The maximum atomic E-state index is 13.6. The first-order chi connectivity index (χ1) is 8.99. The van der Waals surface area contributed by atoms with Crippen molar-refractivity contribution in [3.05, 3.63) is 70.5 Å². The number of hydrogen-bond donors (Lipinski definition) is 0. The molecule has 0 saturated heterocycles. The molecule has 0 saturated carbocycles. The number of aryl methyl sites for hydroxylation is 1. The number of hydrogen-bond acceptors (Lipinski definition) is 0. The van der Waals surface area contributed by atoms with Crippen LogP contribution >= 0.6 is 11.6 Å². The highest BCUT2D eigenvalue weighted by molar-refractivity contribution is 6.20. The Bertz CT molecular complexity index is 579. The molecule has 0 aromatic heterocycles. The molecule has 0 aliphatic rings. The van der Waals surface area contributed by atoms with Crippen LogP contribution in [0.15, 0.2) is 36.4 Å². The second-order valence-corrected chi connectivity index (χ2v) is 4.95. The topological polar surface area (TPSA) is 0 Å². The molecule has 2 aromatic rings. The zero-order valence-electron chi connectivity index (χ0n) is 10.3. The third kappa shape index (κ3) is 3.10. The van der Waals surface area contributed by atoms with Gasteiger partial charge in [-0.2, -0.15) is 0 Å². The standard InChI is InChI=1S/C15H12ClF3/c1-9-2-4-10(5-3-9)8-12(16)11-6-7-13(17)15(19)14(11)18/h2-7,12H,8H2,1H3. The Morgan fingerprint density at radius 3 is 2.21 bits per heavy atom. The van der Waals surface area contributed by atoms with Crippen molar-refractivity contribution in [1.82, 2.24) is 0 Å². The lowest BCUT2D eigenvalue weighted by atomic mass is 10.0. The fourth-order valence-electron chi connectivity index (χ4n) is 1.82. The van der Waals surface area contributed by atoms with Crippen LogP contribution < -0.4 is 0 Å². The van der Waals surface area contributed by atoms with Gasteiger partial charge in [-0.1, -0.05) is 35.9 Å². The van der Waals surface area contributed by atoms with Crippen LogP contribution in [0.1, 0.15) is 22.1 Å². The first-order valence-corrected chi connectivity index (χ1v) is 6.25. The fourth-order valence-corrected chi connectivity index (χ4v) is 2.17. The third-order valence-corrected chi connectivity index (χ3v) is 3.33. The van der Waals surface area contributed by atoms with E-state index in [0.29, 0.717) is 6.42 Å². The summed E-state index contributed by atoms with van der Waals surface area (Å²) in [5, 5.41) is -0.738. The Labute approximate surface area is 114 Å². The van der Waals surface area contributed by atoms with Crippen LogP contribution in [0.3, 0.4) is 0 Å². The summed E-state index contributed by atoms with van der Waals surface area (Å²) in [6.45, 7) is 1.96. The van der Waals surface area contributed by atoms with Crippen molar-refractivity contribution in [2.45, 2.75) is 18.7 Å².